The number of carbonyl (C=O) groups is 2. The highest BCUT2D eigenvalue weighted by atomic mass is 32.2. The number of nitrogens with zero attached hydrogens (tertiary/aromatic N) is 1. The van der Waals surface area contributed by atoms with E-state index in [9.17, 15) is 18.0 Å². The van der Waals surface area contributed by atoms with Gasteiger partial charge in [-0.3, -0.25) is 9.59 Å². The molecule has 0 fully saturated rings. The Kier molecular flexibility index (Phi) is 5.37. The Morgan fingerprint density at radius 2 is 1.73 bits per heavy atom. The minimum atomic E-state index is -3.31. The molecule has 0 atom stereocenters. The summed E-state index contributed by atoms with van der Waals surface area (Å²) >= 11 is 0. The largest absolute Gasteiger partial charge is 0.354 e. The van der Waals surface area contributed by atoms with Crippen molar-refractivity contribution in [3.63, 3.8) is 0 Å². The zero-order valence-electron chi connectivity index (χ0n) is 14.2. The molecule has 1 aliphatic heterocycles. The summed E-state index contributed by atoms with van der Waals surface area (Å²) in [6.45, 7) is 0.351. The van der Waals surface area contributed by atoms with Crippen LogP contribution in [0.4, 0.5) is 0 Å². The first-order valence-corrected chi connectivity index (χ1v) is 10.1. The average molecular weight is 372 g/mol. The summed E-state index contributed by atoms with van der Waals surface area (Å²) in [6.07, 6.45) is 0. The van der Waals surface area contributed by atoms with E-state index in [-0.39, 0.29) is 36.4 Å². The molecule has 6 nitrogen and oxygen atoms in total. The normalized spacial score (nSPS) is 13.5. The molecule has 0 radical (unpaired) electrons. The third-order valence-corrected chi connectivity index (χ3v) is 5.79. The Labute approximate surface area is 152 Å². The molecule has 0 aromatic heterocycles. The molecular formula is C19H20N2O4S. The molecule has 2 aromatic rings. The summed E-state index contributed by atoms with van der Waals surface area (Å²) in [5.74, 6) is -0.723. The van der Waals surface area contributed by atoms with E-state index in [2.05, 4.69) is 5.32 Å². The van der Waals surface area contributed by atoms with Crippen molar-refractivity contribution in [3.8, 4) is 0 Å². The van der Waals surface area contributed by atoms with E-state index in [1.807, 2.05) is 18.2 Å². The molecule has 2 amide bonds. The minimum Gasteiger partial charge on any atom is -0.354 e. The molecule has 0 bridgehead atoms. The van der Waals surface area contributed by atoms with E-state index >= 15 is 0 Å². The molecule has 1 N–H and O–H groups in total. The van der Waals surface area contributed by atoms with Crippen molar-refractivity contribution in [3.05, 3.63) is 71.3 Å². The number of amides is 2. The third kappa shape index (κ3) is 4.49. The second kappa shape index (κ2) is 7.70. The van der Waals surface area contributed by atoms with Crippen LogP contribution in [0.1, 0.15) is 21.5 Å². The highest BCUT2D eigenvalue weighted by Crippen LogP contribution is 2.21. The van der Waals surface area contributed by atoms with Crippen LogP contribution in [0.3, 0.4) is 0 Å². The van der Waals surface area contributed by atoms with E-state index in [0.29, 0.717) is 12.1 Å². The van der Waals surface area contributed by atoms with Crippen molar-refractivity contribution in [1.82, 2.24) is 10.2 Å². The molecule has 0 saturated carbocycles. The van der Waals surface area contributed by atoms with Gasteiger partial charge in [-0.25, -0.2) is 8.42 Å². The van der Waals surface area contributed by atoms with Gasteiger partial charge in [-0.05, 0) is 17.2 Å². The summed E-state index contributed by atoms with van der Waals surface area (Å²) in [7, 11) is -3.31. The molecule has 0 unspecified atom stereocenters. The molecule has 0 saturated heterocycles. The highest BCUT2D eigenvalue weighted by molar-refractivity contribution is 7.90. The van der Waals surface area contributed by atoms with Crippen molar-refractivity contribution >= 4 is 21.7 Å². The first kappa shape index (κ1) is 18.1. The van der Waals surface area contributed by atoms with Gasteiger partial charge < -0.3 is 10.2 Å². The molecule has 26 heavy (non-hydrogen) atoms. The first-order chi connectivity index (χ1) is 12.4. The Bertz CT molecular complexity index is 910. The van der Waals surface area contributed by atoms with Crippen molar-refractivity contribution in [2.75, 3.05) is 18.8 Å². The van der Waals surface area contributed by atoms with Gasteiger partial charge in [-0.2, -0.15) is 0 Å². The second-order valence-electron chi connectivity index (χ2n) is 6.25. The van der Waals surface area contributed by atoms with Crippen molar-refractivity contribution in [2.24, 2.45) is 0 Å². The first-order valence-electron chi connectivity index (χ1n) is 8.33. The van der Waals surface area contributed by atoms with Gasteiger partial charge in [0.2, 0.25) is 5.91 Å². The highest BCUT2D eigenvalue weighted by Gasteiger charge is 2.28. The fourth-order valence-electron chi connectivity index (χ4n) is 2.92. The van der Waals surface area contributed by atoms with Crippen molar-refractivity contribution in [1.29, 1.82) is 0 Å². The van der Waals surface area contributed by atoms with E-state index in [4.69, 9.17) is 0 Å². The standard InChI is InChI=1S/C19H20N2O4S/c22-18(13-21-12-16-8-4-5-9-17(16)19(21)23)20-10-11-26(24,25)14-15-6-2-1-3-7-15/h1-9H,10-14H2,(H,20,22). The summed E-state index contributed by atoms with van der Waals surface area (Å²) in [5, 5.41) is 2.59. The van der Waals surface area contributed by atoms with Crippen LogP contribution in [0, 0.1) is 0 Å². The average Bonchev–Trinajstić information content (AvgIpc) is 2.91. The summed E-state index contributed by atoms with van der Waals surface area (Å²) in [5.41, 5.74) is 2.24. The molecule has 0 spiro atoms. The van der Waals surface area contributed by atoms with Gasteiger partial charge in [0.1, 0.15) is 6.54 Å². The minimum absolute atomic E-state index is 0.0307. The van der Waals surface area contributed by atoms with Crippen LogP contribution in [-0.4, -0.2) is 44.0 Å². The number of fused-ring (bicyclic) bond motifs is 1. The van der Waals surface area contributed by atoms with Crippen LogP contribution in [-0.2, 0) is 26.9 Å². The molecule has 0 aliphatic carbocycles. The fourth-order valence-corrected chi connectivity index (χ4v) is 4.18. The smallest absolute Gasteiger partial charge is 0.254 e. The maximum absolute atomic E-state index is 12.2. The molecule has 136 valence electrons. The van der Waals surface area contributed by atoms with Crippen molar-refractivity contribution < 1.29 is 18.0 Å². The summed E-state index contributed by atoms with van der Waals surface area (Å²) in [6, 6.07) is 16.2. The lowest BCUT2D eigenvalue weighted by Crippen LogP contribution is -2.39. The van der Waals surface area contributed by atoms with Crippen LogP contribution in [0.15, 0.2) is 54.6 Å². The molecular weight excluding hydrogens is 352 g/mol. The SMILES string of the molecule is O=C(CN1Cc2ccccc2C1=O)NCCS(=O)(=O)Cc1ccccc1. The lowest BCUT2D eigenvalue weighted by molar-refractivity contribution is -0.121. The van der Waals surface area contributed by atoms with Gasteiger partial charge in [0, 0.05) is 18.7 Å². The quantitative estimate of drug-likeness (QED) is 0.796. The van der Waals surface area contributed by atoms with Gasteiger partial charge in [0.25, 0.3) is 5.91 Å². The Morgan fingerprint density at radius 3 is 2.46 bits per heavy atom. The Morgan fingerprint density at radius 1 is 1.04 bits per heavy atom. The summed E-state index contributed by atoms with van der Waals surface area (Å²) in [4.78, 5) is 25.7. The predicted molar refractivity (Wildman–Crippen MR) is 98.1 cm³/mol. The van der Waals surface area contributed by atoms with E-state index < -0.39 is 9.84 Å². The zero-order chi connectivity index (χ0) is 18.6. The summed E-state index contributed by atoms with van der Waals surface area (Å²) < 4.78 is 24.2. The van der Waals surface area contributed by atoms with Gasteiger partial charge >= 0.3 is 0 Å². The Balaban J connectivity index is 1.46. The molecule has 7 heteroatoms. The van der Waals surface area contributed by atoms with Crippen LogP contribution >= 0.6 is 0 Å². The Hall–Kier alpha value is -2.67. The lowest BCUT2D eigenvalue weighted by atomic mass is 10.1. The predicted octanol–water partition coefficient (Wildman–Crippen LogP) is 1.37. The maximum Gasteiger partial charge on any atom is 0.254 e. The molecule has 2 aromatic carbocycles. The van der Waals surface area contributed by atoms with Gasteiger partial charge in [0.15, 0.2) is 9.84 Å². The second-order valence-corrected chi connectivity index (χ2v) is 8.43. The van der Waals surface area contributed by atoms with Gasteiger partial charge in [-0.15, -0.1) is 0 Å². The van der Waals surface area contributed by atoms with Crippen LogP contribution in [0.5, 0.6) is 0 Å². The lowest BCUT2D eigenvalue weighted by Gasteiger charge is -2.15. The van der Waals surface area contributed by atoms with Crippen LogP contribution in [0.25, 0.3) is 0 Å². The van der Waals surface area contributed by atoms with E-state index in [0.717, 1.165) is 11.1 Å². The number of nitrogens with one attached hydrogen (secondary N) is 1. The van der Waals surface area contributed by atoms with E-state index in [1.54, 1.807) is 36.4 Å². The number of hydrogen-bond donors (Lipinski definition) is 1. The van der Waals surface area contributed by atoms with Gasteiger partial charge in [-0.1, -0.05) is 48.5 Å². The zero-order valence-corrected chi connectivity index (χ0v) is 15.0. The van der Waals surface area contributed by atoms with Crippen LogP contribution < -0.4 is 5.32 Å². The van der Waals surface area contributed by atoms with Crippen LogP contribution in [0.2, 0.25) is 0 Å². The van der Waals surface area contributed by atoms with E-state index in [1.165, 1.54) is 4.90 Å². The molecule has 1 heterocycles. The fraction of sp³-hybridized carbons (Fsp3) is 0.263. The number of benzene rings is 2. The number of carbonyl (C=O) groups excluding carboxylic acids is 2. The molecule has 3 rings (SSSR count). The monoisotopic (exact) mass is 372 g/mol. The van der Waals surface area contributed by atoms with Crippen molar-refractivity contribution in [2.45, 2.75) is 12.3 Å². The number of sulfone groups is 1. The topological polar surface area (TPSA) is 83.6 Å². The third-order valence-electron chi connectivity index (χ3n) is 4.20. The maximum atomic E-state index is 12.2. The number of rotatable bonds is 7. The molecule has 1 aliphatic rings. The van der Waals surface area contributed by atoms with Gasteiger partial charge in [0.05, 0.1) is 11.5 Å². The number of hydrogen-bond acceptors (Lipinski definition) is 4.